The number of hydrazine groups is 1. The second-order valence-corrected chi connectivity index (χ2v) is 3.69. The lowest BCUT2D eigenvalue weighted by atomic mass is 10.2. The monoisotopic (exact) mass is 204 g/mol. The first-order valence-corrected chi connectivity index (χ1v) is 4.81. The number of rotatable bonds is 7. The van der Waals surface area contributed by atoms with Crippen molar-refractivity contribution >= 4 is 5.91 Å². The van der Waals surface area contributed by atoms with Gasteiger partial charge in [0.2, 0.25) is 5.91 Å². The molecule has 0 aliphatic carbocycles. The maximum Gasteiger partial charge on any atom is 0.233 e. The number of carbonyl (C=O) groups excluding carboxylic acids is 1. The molecule has 0 saturated carbocycles. The van der Waals surface area contributed by atoms with Gasteiger partial charge >= 0.3 is 0 Å². The Morgan fingerprint density at radius 3 is 2.64 bits per heavy atom. The number of nitrogens with two attached hydrogens (primary N) is 1. The van der Waals surface area contributed by atoms with Crippen LogP contribution in [0.25, 0.3) is 0 Å². The van der Waals surface area contributed by atoms with Gasteiger partial charge in [-0.3, -0.25) is 10.2 Å². The van der Waals surface area contributed by atoms with Gasteiger partial charge in [0.15, 0.2) is 0 Å². The fraction of sp³-hybridized carbons (Fsp3) is 0.889. The minimum absolute atomic E-state index is 0.225. The lowest BCUT2D eigenvalue weighted by molar-refractivity contribution is -0.121. The summed E-state index contributed by atoms with van der Waals surface area (Å²) in [6.07, 6.45) is 0.00941. The van der Waals surface area contributed by atoms with Crippen molar-refractivity contribution in [3.63, 3.8) is 0 Å². The summed E-state index contributed by atoms with van der Waals surface area (Å²) in [6, 6.07) is 0. The molecule has 0 spiro atoms. The quantitative estimate of drug-likeness (QED) is 0.304. The van der Waals surface area contributed by atoms with Crippen LogP contribution in [0, 0.1) is 5.92 Å². The molecule has 0 saturated heterocycles. The molecule has 0 aromatic rings. The van der Waals surface area contributed by atoms with Gasteiger partial charge in [0.1, 0.15) is 0 Å². The molecule has 0 fully saturated rings. The van der Waals surface area contributed by atoms with E-state index in [4.69, 9.17) is 10.6 Å². The number of hydrogen-bond acceptors (Lipinski definition) is 4. The summed E-state index contributed by atoms with van der Waals surface area (Å²) in [5.41, 5.74) is 2.00. The number of aliphatic hydroxyl groups excluding tert-OH is 1. The van der Waals surface area contributed by atoms with E-state index in [1.807, 2.05) is 19.3 Å². The highest BCUT2D eigenvalue weighted by Crippen LogP contribution is 1.99. The minimum Gasteiger partial charge on any atom is -0.391 e. The van der Waals surface area contributed by atoms with E-state index in [2.05, 4.69) is 0 Å². The molecule has 0 radical (unpaired) electrons. The number of ether oxygens (including phenoxy) is 1. The third-order valence-corrected chi connectivity index (χ3v) is 1.63. The van der Waals surface area contributed by atoms with Gasteiger partial charge < -0.3 is 9.84 Å². The molecule has 0 aliphatic rings. The Labute approximate surface area is 84.6 Å². The molecule has 4 N–H and O–H groups in total. The highest BCUT2D eigenvalue weighted by Gasteiger charge is 2.07. The van der Waals surface area contributed by atoms with E-state index in [1.165, 1.54) is 0 Å². The predicted molar refractivity (Wildman–Crippen MR) is 53.2 cm³/mol. The number of amides is 1. The van der Waals surface area contributed by atoms with Gasteiger partial charge in [-0.25, -0.2) is 5.84 Å². The Morgan fingerprint density at radius 2 is 2.14 bits per heavy atom. The van der Waals surface area contributed by atoms with E-state index in [-0.39, 0.29) is 18.9 Å². The number of hydrogen-bond donors (Lipinski definition) is 3. The fourth-order valence-corrected chi connectivity index (χ4v) is 0.893. The van der Waals surface area contributed by atoms with E-state index in [0.717, 1.165) is 0 Å². The van der Waals surface area contributed by atoms with Crippen molar-refractivity contribution in [1.29, 1.82) is 0 Å². The molecule has 0 aromatic carbocycles. The zero-order valence-corrected chi connectivity index (χ0v) is 8.82. The second kappa shape index (κ2) is 7.73. The van der Waals surface area contributed by atoms with Crippen molar-refractivity contribution in [1.82, 2.24) is 5.43 Å². The summed E-state index contributed by atoms with van der Waals surface area (Å²) in [5, 5.41) is 9.36. The van der Waals surface area contributed by atoms with Gasteiger partial charge in [-0.15, -0.1) is 0 Å². The Hall–Kier alpha value is -0.650. The van der Waals surface area contributed by atoms with Gasteiger partial charge in [-0.1, -0.05) is 13.8 Å². The Balaban J connectivity index is 3.36. The zero-order chi connectivity index (χ0) is 11.0. The summed E-state index contributed by atoms with van der Waals surface area (Å²) >= 11 is 0. The first-order valence-electron chi connectivity index (χ1n) is 4.81. The molecule has 14 heavy (non-hydrogen) atoms. The highest BCUT2D eigenvalue weighted by molar-refractivity contribution is 5.75. The van der Waals surface area contributed by atoms with Crippen LogP contribution in [-0.2, 0) is 9.53 Å². The summed E-state index contributed by atoms with van der Waals surface area (Å²) < 4.78 is 5.21. The van der Waals surface area contributed by atoms with Crippen molar-refractivity contribution in [2.24, 2.45) is 11.8 Å². The largest absolute Gasteiger partial charge is 0.391 e. The molecule has 84 valence electrons. The standard InChI is InChI=1S/C9H20N2O3/c1-7(2)5-14-6-8(12)3-4-9(13)11-10/h7-8,12H,3-6,10H2,1-2H3,(H,11,13)/t8-/m0/s1. The van der Waals surface area contributed by atoms with E-state index >= 15 is 0 Å². The SMILES string of the molecule is CC(C)COC[C@@H](O)CCC(=O)NN. The molecular formula is C9H20N2O3. The molecule has 5 heteroatoms. The molecule has 1 atom stereocenters. The molecule has 0 rings (SSSR count). The smallest absolute Gasteiger partial charge is 0.233 e. The van der Waals surface area contributed by atoms with Crippen molar-refractivity contribution in [3.8, 4) is 0 Å². The van der Waals surface area contributed by atoms with Gasteiger partial charge in [-0.05, 0) is 12.3 Å². The Morgan fingerprint density at radius 1 is 1.50 bits per heavy atom. The number of nitrogens with one attached hydrogen (secondary N) is 1. The maximum atomic E-state index is 10.7. The normalized spacial score (nSPS) is 12.9. The van der Waals surface area contributed by atoms with E-state index in [1.54, 1.807) is 0 Å². The van der Waals surface area contributed by atoms with E-state index < -0.39 is 6.10 Å². The van der Waals surface area contributed by atoms with Crippen molar-refractivity contribution in [3.05, 3.63) is 0 Å². The molecule has 0 aliphatic heterocycles. The highest BCUT2D eigenvalue weighted by atomic mass is 16.5. The fourth-order valence-electron chi connectivity index (χ4n) is 0.893. The van der Waals surface area contributed by atoms with Crippen LogP contribution in [0.2, 0.25) is 0 Å². The van der Waals surface area contributed by atoms with Crippen LogP contribution in [0.3, 0.4) is 0 Å². The predicted octanol–water partition coefficient (Wildman–Crippen LogP) is -0.210. The summed E-state index contributed by atoms with van der Waals surface area (Å²) in [7, 11) is 0. The van der Waals surface area contributed by atoms with Gasteiger partial charge in [0, 0.05) is 13.0 Å². The first kappa shape index (κ1) is 13.4. The average molecular weight is 204 g/mol. The summed E-state index contributed by atoms with van der Waals surface area (Å²) in [4.78, 5) is 10.7. The molecule has 0 unspecified atom stereocenters. The third-order valence-electron chi connectivity index (χ3n) is 1.63. The van der Waals surface area contributed by atoms with Gasteiger partial charge in [0.25, 0.3) is 0 Å². The summed E-state index contributed by atoms with van der Waals surface area (Å²) in [6.45, 7) is 4.97. The van der Waals surface area contributed by atoms with Crippen molar-refractivity contribution < 1.29 is 14.6 Å². The maximum absolute atomic E-state index is 10.7. The molecule has 0 heterocycles. The molecule has 0 bridgehead atoms. The van der Waals surface area contributed by atoms with Crippen LogP contribution in [-0.4, -0.2) is 30.3 Å². The first-order chi connectivity index (χ1) is 6.56. The molecule has 5 nitrogen and oxygen atoms in total. The number of aliphatic hydroxyl groups is 1. The minimum atomic E-state index is -0.592. The van der Waals surface area contributed by atoms with E-state index in [0.29, 0.717) is 18.9 Å². The van der Waals surface area contributed by atoms with E-state index in [9.17, 15) is 9.90 Å². The van der Waals surface area contributed by atoms with Crippen molar-refractivity contribution in [2.75, 3.05) is 13.2 Å². The molecular weight excluding hydrogens is 184 g/mol. The number of carbonyl (C=O) groups is 1. The van der Waals surface area contributed by atoms with Gasteiger partial charge in [0.05, 0.1) is 12.7 Å². The third kappa shape index (κ3) is 7.97. The van der Waals surface area contributed by atoms with Crippen LogP contribution < -0.4 is 11.3 Å². The van der Waals surface area contributed by atoms with Crippen LogP contribution in [0.5, 0.6) is 0 Å². The Kier molecular flexibility index (Phi) is 7.37. The lowest BCUT2D eigenvalue weighted by Crippen LogP contribution is -2.31. The lowest BCUT2D eigenvalue weighted by Gasteiger charge is -2.11. The summed E-state index contributed by atoms with van der Waals surface area (Å²) in [5.74, 6) is 5.07. The van der Waals surface area contributed by atoms with Gasteiger partial charge in [-0.2, -0.15) is 0 Å². The molecule has 1 amide bonds. The molecule has 0 aromatic heterocycles. The van der Waals surface area contributed by atoms with Crippen LogP contribution in [0.15, 0.2) is 0 Å². The Bertz CT molecular complexity index is 162. The van der Waals surface area contributed by atoms with Crippen molar-refractivity contribution in [2.45, 2.75) is 32.8 Å². The second-order valence-electron chi connectivity index (χ2n) is 3.69. The average Bonchev–Trinajstić information content (AvgIpc) is 2.13. The topological polar surface area (TPSA) is 84.6 Å². The van der Waals surface area contributed by atoms with Crippen LogP contribution in [0.1, 0.15) is 26.7 Å². The van der Waals surface area contributed by atoms with Crippen LogP contribution in [0.4, 0.5) is 0 Å². The van der Waals surface area contributed by atoms with Crippen LogP contribution >= 0.6 is 0 Å². The zero-order valence-electron chi connectivity index (χ0n) is 8.82.